The summed E-state index contributed by atoms with van der Waals surface area (Å²) in [6, 6.07) is 15.5. The molecule has 8 nitrogen and oxygen atoms in total. The van der Waals surface area contributed by atoms with Crippen molar-refractivity contribution in [1.82, 2.24) is 4.98 Å². The largest absolute Gasteiger partial charge is 0.457 e. The number of hydrogen-bond acceptors (Lipinski definition) is 6. The number of aromatic nitrogens is 1. The van der Waals surface area contributed by atoms with E-state index in [1.54, 1.807) is 61.7 Å². The smallest absolute Gasteiger partial charge is 0.247 e. The standard InChI is InChI=1S/C27H24FN5O3/c1-3-27(34)31-20-7-4-6-19(16-20)30-24-14-15-29-17-25(24)33(32-35)21-10-12-22(13-11-21)36-26-9-5-8-23(28)18(26)2/h3-4,6-7,9-17H,1,5,8H2,2H3,(H,29,30)(H,31,34). The van der Waals surface area contributed by atoms with Crippen molar-refractivity contribution in [1.29, 1.82) is 0 Å². The number of hydrogen-bond donors (Lipinski definition) is 2. The summed E-state index contributed by atoms with van der Waals surface area (Å²) in [6.07, 6.45) is 7.11. The van der Waals surface area contributed by atoms with E-state index in [-0.39, 0.29) is 11.7 Å². The van der Waals surface area contributed by atoms with Gasteiger partial charge < -0.3 is 15.4 Å². The van der Waals surface area contributed by atoms with E-state index in [1.165, 1.54) is 17.3 Å². The summed E-state index contributed by atoms with van der Waals surface area (Å²) in [5, 5.41) is 10.3. The molecule has 1 aliphatic carbocycles. The maximum atomic E-state index is 13.9. The summed E-state index contributed by atoms with van der Waals surface area (Å²) in [6.45, 7) is 5.14. The van der Waals surface area contributed by atoms with Crippen molar-refractivity contribution in [3.05, 3.63) is 108 Å². The minimum absolute atomic E-state index is 0.175. The molecular weight excluding hydrogens is 461 g/mol. The molecule has 1 heterocycles. The molecule has 1 aliphatic rings. The highest BCUT2D eigenvalue weighted by Crippen LogP contribution is 2.35. The van der Waals surface area contributed by atoms with Crippen molar-refractivity contribution >= 4 is 34.3 Å². The van der Waals surface area contributed by atoms with E-state index < -0.39 is 0 Å². The van der Waals surface area contributed by atoms with Gasteiger partial charge in [-0.1, -0.05) is 12.6 Å². The summed E-state index contributed by atoms with van der Waals surface area (Å²) >= 11 is 0. The number of carbonyl (C=O) groups is 1. The predicted octanol–water partition coefficient (Wildman–Crippen LogP) is 7.07. The zero-order valence-electron chi connectivity index (χ0n) is 19.6. The molecule has 2 aromatic carbocycles. The van der Waals surface area contributed by atoms with Gasteiger partial charge in [0.2, 0.25) is 5.91 Å². The summed E-state index contributed by atoms with van der Waals surface area (Å²) in [5.74, 6) is 0.497. The Bertz CT molecular complexity index is 1350. The van der Waals surface area contributed by atoms with Crippen LogP contribution in [-0.2, 0) is 4.79 Å². The molecule has 9 heteroatoms. The van der Waals surface area contributed by atoms with Crippen molar-refractivity contribution in [3.63, 3.8) is 0 Å². The van der Waals surface area contributed by atoms with Crippen LogP contribution < -0.4 is 20.4 Å². The Morgan fingerprint density at radius 3 is 2.72 bits per heavy atom. The molecule has 3 aromatic rings. The number of carbonyl (C=O) groups excluding carboxylic acids is 1. The molecule has 0 fully saturated rings. The Morgan fingerprint density at radius 2 is 1.97 bits per heavy atom. The van der Waals surface area contributed by atoms with E-state index in [9.17, 15) is 14.1 Å². The number of benzene rings is 2. The summed E-state index contributed by atoms with van der Waals surface area (Å²) in [4.78, 5) is 27.6. The first-order valence-electron chi connectivity index (χ1n) is 11.2. The molecule has 4 rings (SSSR count). The highest BCUT2D eigenvalue weighted by molar-refractivity contribution is 5.99. The quantitative estimate of drug-likeness (QED) is 0.191. The van der Waals surface area contributed by atoms with Gasteiger partial charge in [-0.05, 0) is 74.0 Å². The molecule has 0 atom stereocenters. The molecule has 182 valence electrons. The minimum Gasteiger partial charge on any atom is -0.457 e. The van der Waals surface area contributed by atoms with Gasteiger partial charge >= 0.3 is 0 Å². The number of pyridine rings is 1. The van der Waals surface area contributed by atoms with E-state index in [4.69, 9.17) is 4.74 Å². The van der Waals surface area contributed by atoms with E-state index in [1.807, 2.05) is 12.1 Å². The number of rotatable bonds is 9. The molecule has 0 saturated carbocycles. The SMILES string of the molecule is C=CC(=O)Nc1cccc(Nc2ccncc2N(N=O)c2ccc(OC3=CCCC(F)=C3C)cc2)c1. The lowest BCUT2D eigenvalue weighted by Crippen LogP contribution is -2.11. The van der Waals surface area contributed by atoms with Crippen LogP contribution in [0, 0.1) is 4.91 Å². The Kier molecular flexibility index (Phi) is 7.50. The zero-order chi connectivity index (χ0) is 25.5. The van der Waals surface area contributed by atoms with Crippen LogP contribution in [-0.4, -0.2) is 10.9 Å². The normalized spacial score (nSPS) is 12.9. The van der Waals surface area contributed by atoms with E-state index >= 15 is 0 Å². The van der Waals surface area contributed by atoms with Crippen LogP contribution in [0.2, 0.25) is 0 Å². The first kappa shape index (κ1) is 24.3. The number of nitrogens with zero attached hydrogens (tertiary/aromatic N) is 3. The van der Waals surface area contributed by atoms with Gasteiger partial charge in [-0.3, -0.25) is 9.78 Å². The maximum Gasteiger partial charge on any atom is 0.247 e. The van der Waals surface area contributed by atoms with Gasteiger partial charge in [0.25, 0.3) is 0 Å². The summed E-state index contributed by atoms with van der Waals surface area (Å²) < 4.78 is 19.7. The molecule has 36 heavy (non-hydrogen) atoms. The second kappa shape index (κ2) is 11.1. The molecule has 2 N–H and O–H groups in total. The molecule has 1 amide bonds. The van der Waals surface area contributed by atoms with E-state index in [2.05, 4.69) is 27.5 Å². The van der Waals surface area contributed by atoms with Gasteiger partial charge in [0.1, 0.15) is 23.0 Å². The fourth-order valence-electron chi connectivity index (χ4n) is 3.62. The number of nitroso groups, excluding NO2 is 1. The minimum atomic E-state index is -0.323. The first-order valence-corrected chi connectivity index (χ1v) is 11.2. The van der Waals surface area contributed by atoms with Crippen LogP contribution in [0.25, 0.3) is 0 Å². The monoisotopic (exact) mass is 485 g/mol. The lowest BCUT2D eigenvalue weighted by molar-refractivity contribution is -0.111. The van der Waals surface area contributed by atoms with Crippen LogP contribution in [0.5, 0.6) is 5.75 Å². The second-order valence-electron chi connectivity index (χ2n) is 7.92. The average molecular weight is 486 g/mol. The first-order chi connectivity index (χ1) is 17.5. The molecule has 0 aliphatic heterocycles. The molecule has 0 bridgehead atoms. The number of anilines is 5. The fourth-order valence-corrected chi connectivity index (χ4v) is 3.62. The van der Waals surface area contributed by atoms with Gasteiger partial charge in [-0.25, -0.2) is 4.39 Å². The second-order valence-corrected chi connectivity index (χ2v) is 7.92. The van der Waals surface area contributed by atoms with Crippen LogP contribution in [0.4, 0.5) is 32.8 Å². The molecule has 0 saturated heterocycles. The third-order valence-corrected chi connectivity index (χ3v) is 5.48. The summed E-state index contributed by atoms with van der Waals surface area (Å²) in [7, 11) is 0. The fraction of sp³-hybridized carbons (Fsp3) is 0.111. The maximum absolute atomic E-state index is 13.9. The summed E-state index contributed by atoms with van der Waals surface area (Å²) in [5.41, 5.74) is 3.21. The third kappa shape index (κ3) is 5.64. The number of allylic oxidation sites excluding steroid dienone is 3. The number of amides is 1. The lowest BCUT2D eigenvalue weighted by atomic mass is 10.1. The lowest BCUT2D eigenvalue weighted by Gasteiger charge is -2.20. The van der Waals surface area contributed by atoms with Crippen molar-refractivity contribution in [2.24, 2.45) is 5.29 Å². The van der Waals surface area contributed by atoms with Crippen LogP contribution in [0.3, 0.4) is 0 Å². The van der Waals surface area contributed by atoms with E-state index in [0.717, 1.165) is 0 Å². The van der Waals surface area contributed by atoms with Crippen molar-refractivity contribution < 1.29 is 13.9 Å². The van der Waals surface area contributed by atoms with Gasteiger partial charge in [0.15, 0.2) is 0 Å². The highest BCUT2D eigenvalue weighted by Gasteiger charge is 2.17. The number of halogens is 1. The van der Waals surface area contributed by atoms with E-state index in [0.29, 0.717) is 58.4 Å². The average Bonchev–Trinajstić information content (AvgIpc) is 2.89. The van der Waals surface area contributed by atoms with Gasteiger partial charge in [-0.2, -0.15) is 5.01 Å². The van der Waals surface area contributed by atoms with Crippen LogP contribution in [0.15, 0.2) is 108 Å². The highest BCUT2D eigenvalue weighted by atomic mass is 19.1. The Balaban J connectivity index is 1.55. The topological polar surface area (TPSA) is 95.9 Å². The zero-order valence-corrected chi connectivity index (χ0v) is 19.6. The molecule has 0 radical (unpaired) electrons. The molecule has 1 aromatic heterocycles. The van der Waals surface area contributed by atoms with Crippen LogP contribution >= 0.6 is 0 Å². The van der Waals surface area contributed by atoms with Gasteiger partial charge in [0.05, 0.1) is 22.9 Å². The predicted molar refractivity (Wildman–Crippen MR) is 139 cm³/mol. The van der Waals surface area contributed by atoms with Crippen molar-refractivity contribution in [3.8, 4) is 5.75 Å². The van der Waals surface area contributed by atoms with Crippen molar-refractivity contribution in [2.75, 3.05) is 15.6 Å². The van der Waals surface area contributed by atoms with Gasteiger partial charge in [0, 0.05) is 29.6 Å². The number of nitrogens with one attached hydrogen (secondary N) is 2. The Hall–Kier alpha value is -4.79. The molecule has 0 unspecified atom stereocenters. The molecular formula is C27H24FN5O3. The van der Waals surface area contributed by atoms with Crippen LogP contribution in [0.1, 0.15) is 19.8 Å². The van der Waals surface area contributed by atoms with Crippen molar-refractivity contribution in [2.45, 2.75) is 19.8 Å². The molecule has 0 spiro atoms. The Morgan fingerprint density at radius 1 is 1.19 bits per heavy atom. The number of ether oxygens (including phenoxy) is 1. The Labute approximate surface area is 207 Å². The third-order valence-electron chi connectivity index (χ3n) is 5.48. The van der Waals surface area contributed by atoms with Gasteiger partial charge in [-0.15, -0.1) is 4.91 Å².